The smallest absolute Gasteiger partial charge is 0.387 e. The van der Waals surface area contributed by atoms with Crippen LogP contribution in [0.5, 0.6) is 0 Å². The van der Waals surface area contributed by atoms with E-state index in [1.54, 1.807) is 0 Å². The van der Waals surface area contributed by atoms with E-state index in [1.807, 2.05) is 52.0 Å². The molecule has 6 saturated carbocycles. The van der Waals surface area contributed by atoms with Gasteiger partial charge >= 0.3 is 27.2 Å². The van der Waals surface area contributed by atoms with Crippen LogP contribution in [0.1, 0.15) is 187 Å². The fourth-order valence-electron chi connectivity index (χ4n) is 20.8. The second-order valence-corrected chi connectivity index (χ2v) is 31.8. The second-order valence-electron chi connectivity index (χ2n) is 30.4. The van der Waals surface area contributed by atoms with Gasteiger partial charge in [0, 0.05) is 33.5 Å². The Morgan fingerprint density at radius 3 is 1.36 bits per heavy atom. The summed E-state index contributed by atoms with van der Waals surface area (Å²) in [6.45, 7) is 30.6. The second kappa shape index (κ2) is 16.7. The summed E-state index contributed by atoms with van der Waals surface area (Å²) in [5, 5.41) is 0. The molecule has 0 aliphatic heterocycles. The van der Waals surface area contributed by atoms with Gasteiger partial charge in [0.05, 0.1) is 30.6 Å². The predicted molar refractivity (Wildman–Crippen MR) is 289 cm³/mol. The highest BCUT2D eigenvalue weighted by Crippen LogP contribution is 2.77. The van der Waals surface area contributed by atoms with Crippen LogP contribution < -0.4 is 0 Å². The molecule has 10 rings (SSSR count). The van der Waals surface area contributed by atoms with Crippen LogP contribution in [0.2, 0.25) is 0 Å². The molecular weight excluding hydrogens is 952 g/mol. The molecule has 14 unspecified atom stereocenters. The molecular formula is C65H86AlO9. The van der Waals surface area contributed by atoms with E-state index in [2.05, 4.69) is 81.1 Å². The Bertz CT molecular complexity index is 2840. The highest BCUT2D eigenvalue weighted by molar-refractivity contribution is 6.86. The van der Waals surface area contributed by atoms with Crippen LogP contribution in [0.15, 0.2) is 45.5 Å². The lowest BCUT2D eigenvalue weighted by Crippen LogP contribution is -2.66. The van der Waals surface area contributed by atoms with Gasteiger partial charge in [-0.3, -0.25) is 28.8 Å². The van der Waals surface area contributed by atoms with Gasteiger partial charge in [-0.25, -0.2) is 0 Å². The monoisotopic (exact) mass is 1040 g/mol. The molecule has 0 saturated heterocycles. The summed E-state index contributed by atoms with van der Waals surface area (Å²) in [4.78, 5) is 102. The molecule has 10 aliphatic rings. The van der Waals surface area contributed by atoms with Crippen LogP contribution >= 0.6 is 0 Å². The molecule has 14 atom stereocenters. The Balaban J connectivity index is 0.990. The molecule has 1 radical (unpaired) electrons. The molecule has 75 heavy (non-hydrogen) atoms. The highest BCUT2D eigenvalue weighted by atomic mass is 27.1. The van der Waals surface area contributed by atoms with Crippen molar-refractivity contribution >= 4 is 54.9 Å². The van der Waals surface area contributed by atoms with Gasteiger partial charge in [0.2, 0.25) is 0 Å². The summed E-state index contributed by atoms with van der Waals surface area (Å²) < 4.78 is 11.2. The summed E-state index contributed by atoms with van der Waals surface area (Å²) in [5.74, 6) is 4.44. The Kier molecular flexibility index (Phi) is 12.2. The van der Waals surface area contributed by atoms with Crippen molar-refractivity contribution in [3.05, 3.63) is 45.5 Å². The van der Waals surface area contributed by atoms with Gasteiger partial charge in [-0.05, 0) is 164 Å². The van der Waals surface area contributed by atoms with Crippen molar-refractivity contribution < 1.29 is 43.0 Å². The molecule has 0 aromatic heterocycles. The van der Waals surface area contributed by atoms with Crippen molar-refractivity contribution in [2.24, 2.45) is 100 Å². The minimum absolute atomic E-state index is 0.0194. The molecule has 0 heterocycles. The van der Waals surface area contributed by atoms with Gasteiger partial charge in [-0.15, -0.1) is 0 Å². The van der Waals surface area contributed by atoms with Crippen LogP contribution in [0.25, 0.3) is 0 Å². The van der Waals surface area contributed by atoms with Gasteiger partial charge < -0.3 is 14.3 Å². The number of carbonyl (C=O) groups excluding carboxylic acids is 7. The van der Waals surface area contributed by atoms with Gasteiger partial charge in [0.15, 0.2) is 17.3 Å². The van der Waals surface area contributed by atoms with Crippen molar-refractivity contribution in [1.29, 1.82) is 0 Å². The molecule has 0 N–H and O–H groups in total. The summed E-state index contributed by atoms with van der Waals surface area (Å²) in [5.41, 5.74) is -3.84. The number of ketones is 4. The van der Waals surface area contributed by atoms with E-state index in [0.717, 1.165) is 68.9 Å². The number of rotatable bonds is 4. The average Bonchev–Trinajstić information content (AvgIpc) is 3.32. The number of fused-ring (bicyclic) bond motifs is 14. The minimum Gasteiger partial charge on any atom is -0.469 e. The van der Waals surface area contributed by atoms with Crippen LogP contribution in [0, 0.1) is 112 Å². The zero-order chi connectivity index (χ0) is 55.1. The molecule has 0 amide bonds. The molecule has 0 spiro atoms. The van der Waals surface area contributed by atoms with E-state index < -0.39 is 69.4 Å². The molecule has 403 valence electrons. The van der Waals surface area contributed by atoms with Crippen molar-refractivity contribution in [3.63, 3.8) is 0 Å². The van der Waals surface area contributed by atoms with Crippen LogP contribution in [-0.2, 0) is 43.0 Å². The Labute approximate surface area is 454 Å². The van der Waals surface area contributed by atoms with Crippen LogP contribution in [-0.4, -0.2) is 69.2 Å². The molecule has 10 heteroatoms. The normalized spacial score (nSPS) is 45.4. The lowest BCUT2D eigenvalue weighted by Gasteiger charge is -2.69. The number of carbonyl (C=O) groups is 7. The van der Waals surface area contributed by atoms with E-state index >= 15 is 9.59 Å². The Morgan fingerprint density at radius 2 is 0.933 bits per heavy atom. The molecule has 10 aliphatic carbocycles. The van der Waals surface area contributed by atoms with E-state index in [9.17, 15) is 24.0 Å². The van der Waals surface area contributed by atoms with Gasteiger partial charge in [0.1, 0.15) is 10.4 Å². The van der Waals surface area contributed by atoms with E-state index in [-0.39, 0.29) is 91.6 Å². The maximum atomic E-state index is 15.1. The third-order valence-electron chi connectivity index (χ3n) is 25.3. The summed E-state index contributed by atoms with van der Waals surface area (Å²) in [6.07, 6.45) is 18.6. The predicted octanol–water partition coefficient (Wildman–Crippen LogP) is 11.9. The van der Waals surface area contributed by atoms with Crippen LogP contribution in [0.3, 0.4) is 0 Å². The van der Waals surface area contributed by atoms with Gasteiger partial charge in [-0.1, -0.05) is 131 Å². The van der Waals surface area contributed by atoms with Crippen molar-refractivity contribution in [3.8, 4) is 11.8 Å². The summed E-state index contributed by atoms with van der Waals surface area (Å²) in [7, 11) is 2.96. The standard InChI is InChI=1S/C34H43O5.C31H43O4.Al/c1-29(2)13-15-34(28(38)39-8)16-14-33(7)26(22(34)20-29)23(36)18-25-31(5)19-21(10-9-17-35)27(37)30(3,4)24(31)11-12-32(25,33)6;1-26(2)13-15-31(25(34)35-8)16-14-30(7)24(19(31)18-26)20(32)17-22-28(5)11-10-23(33)27(3,4)21(28)9-12-29(22,30)6;/h18-19,22,24,26H,11-16,20H2,1-8H3;11,17,19,21,24H,9,12-16,18H2,1-8H3;. The zero-order valence-electron chi connectivity index (χ0n) is 48.4. The summed E-state index contributed by atoms with van der Waals surface area (Å²) in [6, 6.07) is 0. The quantitative estimate of drug-likeness (QED) is 0.153. The molecule has 6 fully saturated rings. The summed E-state index contributed by atoms with van der Waals surface area (Å²) >= 11 is -1.27. The zero-order valence-corrected chi connectivity index (χ0v) is 49.6. The third-order valence-corrected chi connectivity index (χ3v) is 26.4. The fraction of sp³-hybridized carbons (Fsp3) is 0.738. The average molecular weight is 1040 g/mol. The lowest BCUT2D eigenvalue weighted by molar-refractivity contribution is -0.192. The number of esters is 2. The molecule has 0 bridgehead atoms. The maximum absolute atomic E-state index is 15.1. The third kappa shape index (κ3) is 7.08. The number of methoxy groups -OCH3 is 2. The maximum Gasteiger partial charge on any atom is 0.387 e. The number of ether oxygens (including phenoxy) is 2. The largest absolute Gasteiger partial charge is 0.469 e. The van der Waals surface area contributed by atoms with E-state index in [4.69, 9.17) is 9.47 Å². The molecule has 0 aromatic carbocycles. The van der Waals surface area contributed by atoms with Gasteiger partial charge in [0.25, 0.3) is 0 Å². The van der Waals surface area contributed by atoms with Crippen LogP contribution in [0.4, 0.5) is 0 Å². The number of hydrogen-bond acceptors (Lipinski definition) is 9. The molecule has 0 aromatic rings. The van der Waals surface area contributed by atoms with Crippen molar-refractivity contribution in [2.75, 3.05) is 14.2 Å². The lowest BCUT2D eigenvalue weighted by atomic mass is 9.34. The Hall–Kier alpha value is -3.66. The fourth-order valence-corrected chi connectivity index (χ4v) is 22.1. The Morgan fingerprint density at radius 1 is 0.533 bits per heavy atom. The SMILES string of the molecule is COC(=O)C12CCC(C)(C)CC1C1C(=O)C=C3C4(C)C=C(C#C[C](=O)[Al][C]5=CC6(C)C7=CC(=O)C8C9CC(C)(C)CCC9(C(=O)OC)CCC8(C)C7(C)CCC6C(C)(C)C5=O)C(=O)C(C)(C)C4CCC3(C)C1(C)CC2. The van der Waals surface area contributed by atoms with E-state index in [0.29, 0.717) is 36.5 Å². The first-order valence-electron chi connectivity index (χ1n) is 28.7. The molecule has 9 nitrogen and oxygen atoms in total. The first-order chi connectivity index (χ1) is 34.6. The van der Waals surface area contributed by atoms with E-state index in [1.165, 1.54) is 14.2 Å². The van der Waals surface area contributed by atoms with Gasteiger partial charge in [-0.2, -0.15) is 0 Å². The van der Waals surface area contributed by atoms with Crippen molar-refractivity contribution in [2.45, 2.75) is 187 Å². The highest BCUT2D eigenvalue weighted by Gasteiger charge is 2.73. The topological polar surface area (TPSA) is 138 Å². The number of hydrogen-bond donors (Lipinski definition) is 0. The first-order valence-corrected chi connectivity index (χ1v) is 29.9. The number of Topliss-reactive ketones (excluding diaryl/α,β-unsaturated/α-hetero) is 2. The first kappa shape index (κ1) is 54.7. The number of allylic oxidation sites excluding steroid dienone is 8. The minimum atomic E-state index is -1.27. The van der Waals surface area contributed by atoms with Crippen molar-refractivity contribution in [1.82, 2.24) is 0 Å².